The number of amides is 2. The number of unbranched alkanes of at least 4 members (excludes halogenated alkanes) is 15. The summed E-state index contributed by atoms with van der Waals surface area (Å²) in [6.45, 7) is 15.9. The normalized spacial score (nSPS) is 13.1. The molecule has 0 aliphatic heterocycles. The zero-order chi connectivity index (χ0) is 41.2. The number of nitrogens with one attached hydrogen (secondary N) is 2. The van der Waals surface area contributed by atoms with E-state index in [1.54, 1.807) is 41.5 Å². The molecule has 54 heavy (non-hydrogen) atoms. The van der Waals surface area contributed by atoms with Gasteiger partial charge in [0.1, 0.15) is 28.9 Å². The molecular weight excluding hydrogens is 692 g/mol. The molecule has 0 radical (unpaired) electrons. The summed E-state index contributed by atoms with van der Waals surface area (Å²) in [6, 6.07) is -2.36. The summed E-state index contributed by atoms with van der Waals surface area (Å²) in [6.07, 6.45) is 18.3. The lowest BCUT2D eigenvalue weighted by Gasteiger charge is -2.25. The molecule has 0 spiro atoms. The van der Waals surface area contributed by atoms with Gasteiger partial charge in [0.2, 0.25) is 11.8 Å². The van der Waals surface area contributed by atoms with Crippen LogP contribution in [-0.4, -0.2) is 69.7 Å². The van der Waals surface area contributed by atoms with Gasteiger partial charge in [0.05, 0.1) is 0 Å². The molecular formula is C42H76N2O10. The molecule has 0 aliphatic rings. The Morgan fingerprint density at radius 3 is 1.13 bits per heavy atom. The largest absolute Gasteiger partial charge is 0.480 e. The van der Waals surface area contributed by atoms with E-state index in [4.69, 9.17) is 14.2 Å². The fourth-order valence-electron chi connectivity index (χ4n) is 5.76. The SMILES string of the molecule is CC(C)(C)OC(=O)CCCCCCCCCCCCCCCCCCC(=O)NC(CCC(=O)N[C@@H](CCC(=O)OC(C)(C)C)C(=O)O)C(=O)OC(C)(C)C. The van der Waals surface area contributed by atoms with Crippen molar-refractivity contribution in [3.63, 3.8) is 0 Å². The van der Waals surface area contributed by atoms with Crippen molar-refractivity contribution < 1.29 is 48.1 Å². The lowest BCUT2D eigenvalue weighted by molar-refractivity contribution is -0.159. The molecule has 314 valence electrons. The van der Waals surface area contributed by atoms with Crippen LogP contribution in [-0.2, 0) is 43.0 Å². The van der Waals surface area contributed by atoms with Gasteiger partial charge < -0.3 is 30.0 Å². The maximum absolute atomic E-state index is 12.9. The van der Waals surface area contributed by atoms with Crippen LogP contribution in [0.2, 0.25) is 0 Å². The first-order valence-electron chi connectivity index (χ1n) is 20.6. The fraction of sp³-hybridized carbons (Fsp3) is 0.857. The second-order valence-corrected chi connectivity index (χ2v) is 17.5. The van der Waals surface area contributed by atoms with E-state index in [2.05, 4.69) is 10.6 Å². The number of rotatable bonds is 29. The Morgan fingerprint density at radius 2 is 0.741 bits per heavy atom. The van der Waals surface area contributed by atoms with Crippen LogP contribution in [0.15, 0.2) is 0 Å². The average Bonchev–Trinajstić information content (AvgIpc) is 3.01. The van der Waals surface area contributed by atoms with Crippen LogP contribution in [0.1, 0.15) is 204 Å². The topological polar surface area (TPSA) is 174 Å². The van der Waals surface area contributed by atoms with Crippen LogP contribution in [0.4, 0.5) is 0 Å². The molecule has 2 amide bonds. The molecule has 0 aromatic rings. The molecule has 0 rings (SSSR count). The number of carboxylic acids is 1. The third kappa shape index (κ3) is 32.3. The molecule has 1 unspecified atom stereocenters. The minimum absolute atomic E-state index is 0.0659. The summed E-state index contributed by atoms with van der Waals surface area (Å²) in [5.41, 5.74) is -1.91. The Labute approximate surface area is 326 Å². The van der Waals surface area contributed by atoms with Gasteiger partial charge in [-0.1, -0.05) is 89.9 Å². The van der Waals surface area contributed by atoms with Gasteiger partial charge in [-0.2, -0.15) is 0 Å². The van der Waals surface area contributed by atoms with Crippen LogP contribution < -0.4 is 10.6 Å². The maximum atomic E-state index is 12.9. The lowest BCUT2D eigenvalue weighted by atomic mass is 10.0. The van der Waals surface area contributed by atoms with E-state index in [-0.39, 0.29) is 44.0 Å². The van der Waals surface area contributed by atoms with E-state index >= 15 is 0 Å². The van der Waals surface area contributed by atoms with Crippen molar-refractivity contribution in [3.05, 3.63) is 0 Å². The smallest absolute Gasteiger partial charge is 0.329 e. The number of carbonyl (C=O) groups is 6. The van der Waals surface area contributed by atoms with Crippen molar-refractivity contribution in [2.24, 2.45) is 0 Å². The third-order valence-electron chi connectivity index (χ3n) is 8.33. The quantitative estimate of drug-likeness (QED) is 0.0380. The summed E-state index contributed by atoms with van der Waals surface area (Å²) in [7, 11) is 0. The van der Waals surface area contributed by atoms with Gasteiger partial charge in [0, 0.05) is 25.7 Å². The van der Waals surface area contributed by atoms with Gasteiger partial charge in [-0.3, -0.25) is 19.2 Å². The molecule has 0 aromatic heterocycles. The fourth-order valence-corrected chi connectivity index (χ4v) is 5.76. The molecule has 0 fully saturated rings. The van der Waals surface area contributed by atoms with Crippen LogP contribution in [0.5, 0.6) is 0 Å². The Bertz CT molecular complexity index is 1120. The molecule has 12 nitrogen and oxygen atoms in total. The molecule has 0 aliphatic carbocycles. The van der Waals surface area contributed by atoms with Crippen molar-refractivity contribution in [3.8, 4) is 0 Å². The number of carboxylic acid groups (broad SMARTS) is 1. The number of ether oxygens (including phenoxy) is 3. The highest BCUT2D eigenvalue weighted by Gasteiger charge is 2.29. The average molecular weight is 769 g/mol. The number of hydrogen-bond acceptors (Lipinski definition) is 9. The lowest BCUT2D eigenvalue weighted by Crippen LogP contribution is -2.46. The Balaban J connectivity index is 4.24. The zero-order valence-corrected chi connectivity index (χ0v) is 35.3. The molecule has 2 atom stereocenters. The Kier molecular flexibility index (Phi) is 25.8. The van der Waals surface area contributed by atoms with Gasteiger partial charge in [-0.15, -0.1) is 0 Å². The predicted octanol–water partition coefficient (Wildman–Crippen LogP) is 8.65. The van der Waals surface area contributed by atoms with E-state index in [0.29, 0.717) is 12.8 Å². The van der Waals surface area contributed by atoms with Crippen molar-refractivity contribution in [2.45, 2.75) is 232 Å². The minimum Gasteiger partial charge on any atom is -0.480 e. The highest BCUT2D eigenvalue weighted by Crippen LogP contribution is 2.17. The summed E-state index contributed by atoms with van der Waals surface area (Å²) in [5, 5.41) is 14.7. The van der Waals surface area contributed by atoms with Crippen molar-refractivity contribution in [1.82, 2.24) is 10.6 Å². The van der Waals surface area contributed by atoms with Gasteiger partial charge in [0.25, 0.3) is 0 Å². The summed E-state index contributed by atoms with van der Waals surface area (Å²) < 4.78 is 16.0. The van der Waals surface area contributed by atoms with Crippen molar-refractivity contribution >= 4 is 35.7 Å². The molecule has 0 saturated heterocycles. The van der Waals surface area contributed by atoms with Crippen LogP contribution in [0, 0.1) is 0 Å². The first-order chi connectivity index (χ1) is 25.1. The highest BCUT2D eigenvalue weighted by atomic mass is 16.6. The van der Waals surface area contributed by atoms with Crippen molar-refractivity contribution in [1.29, 1.82) is 0 Å². The molecule has 0 bridgehead atoms. The maximum Gasteiger partial charge on any atom is 0.329 e. The Hall–Kier alpha value is -3.18. The standard InChI is InChI=1S/C42H76N2O10/c1-40(2,3)52-36(47)27-25-23-21-19-17-15-13-11-10-12-14-16-18-20-22-24-26-34(45)44-33(39(51)54-42(7,8)9)28-30-35(46)43-32(38(49)50)29-31-37(48)53-41(4,5)6/h32-33H,10-31H2,1-9H3,(H,43,46)(H,44,45)(H,49,50)/t32-,33?/m0/s1. The predicted molar refractivity (Wildman–Crippen MR) is 211 cm³/mol. The third-order valence-corrected chi connectivity index (χ3v) is 8.33. The summed E-state index contributed by atoms with van der Waals surface area (Å²) in [5.74, 6) is -3.53. The van der Waals surface area contributed by atoms with E-state index in [9.17, 15) is 33.9 Å². The molecule has 0 saturated carbocycles. The first kappa shape index (κ1) is 50.8. The van der Waals surface area contributed by atoms with Gasteiger partial charge in [-0.25, -0.2) is 9.59 Å². The van der Waals surface area contributed by atoms with Crippen molar-refractivity contribution in [2.75, 3.05) is 0 Å². The minimum atomic E-state index is -1.30. The van der Waals surface area contributed by atoms with Crippen LogP contribution >= 0.6 is 0 Å². The van der Waals surface area contributed by atoms with E-state index in [1.165, 1.54) is 64.2 Å². The van der Waals surface area contributed by atoms with E-state index in [0.717, 1.165) is 32.1 Å². The van der Waals surface area contributed by atoms with Crippen LogP contribution in [0.25, 0.3) is 0 Å². The van der Waals surface area contributed by atoms with E-state index in [1.807, 2.05) is 20.8 Å². The number of hydrogen-bond donors (Lipinski definition) is 3. The summed E-state index contributed by atoms with van der Waals surface area (Å²) >= 11 is 0. The monoisotopic (exact) mass is 769 g/mol. The number of esters is 3. The molecule has 0 heterocycles. The van der Waals surface area contributed by atoms with E-state index < -0.39 is 52.7 Å². The van der Waals surface area contributed by atoms with Gasteiger partial charge >= 0.3 is 23.9 Å². The second kappa shape index (κ2) is 27.4. The highest BCUT2D eigenvalue weighted by molar-refractivity contribution is 5.87. The molecule has 0 aromatic carbocycles. The van der Waals surface area contributed by atoms with Gasteiger partial charge in [0.15, 0.2) is 0 Å². The number of aliphatic carboxylic acids is 1. The molecule has 12 heteroatoms. The summed E-state index contributed by atoms with van der Waals surface area (Å²) in [4.78, 5) is 73.7. The Morgan fingerprint density at radius 1 is 0.426 bits per heavy atom. The van der Waals surface area contributed by atoms with Crippen LogP contribution in [0.3, 0.4) is 0 Å². The number of carbonyl (C=O) groups excluding carboxylic acids is 5. The second-order valence-electron chi connectivity index (χ2n) is 17.5. The first-order valence-corrected chi connectivity index (χ1v) is 20.6. The zero-order valence-electron chi connectivity index (χ0n) is 35.3. The van der Waals surface area contributed by atoms with Gasteiger partial charge in [-0.05, 0) is 88.0 Å². The molecule has 3 N–H and O–H groups in total.